The van der Waals surface area contributed by atoms with E-state index in [4.69, 9.17) is 10.2 Å². The fourth-order valence-corrected chi connectivity index (χ4v) is 1.67. The van der Waals surface area contributed by atoms with Gasteiger partial charge in [0.2, 0.25) is 0 Å². The molecule has 0 fully saturated rings. The van der Waals surface area contributed by atoms with Crippen LogP contribution >= 0.6 is 0 Å². The second-order valence-electron chi connectivity index (χ2n) is 3.54. The minimum Gasteiger partial charge on any atom is -0.469 e. The molecule has 1 unspecified atom stereocenters. The van der Waals surface area contributed by atoms with Crippen molar-refractivity contribution < 1.29 is 4.42 Å². The van der Waals surface area contributed by atoms with Gasteiger partial charge < -0.3 is 10.2 Å². The largest absolute Gasteiger partial charge is 0.469 e. The van der Waals surface area contributed by atoms with E-state index in [-0.39, 0.29) is 6.04 Å². The molecule has 0 saturated carbocycles. The summed E-state index contributed by atoms with van der Waals surface area (Å²) >= 11 is 0. The number of aryl methyl sites for hydroxylation is 2. The van der Waals surface area contributed by atoms with Crippen LogP contribution in [0.2, 0.25) is 0 Å². The summed E-state index contributed by atoms with van der Waals surface area (Å²) in [5, 5.41) is 4.29. The molecule has 4 heteroatoms. The first-order valence-electron chi connectivity index (χ1n) is 5.03. The Morgan fingerprint density at radius 3 is 2.93 bits per heavy atom. The van der Waals surface area contributed by atoms with Crippen LogP contribution in [-0.2, 0) is 13.5 Å². The molecule has 0 aromatic carbocycles. The molecule has 2 rings (SSSR count). The molecule has 2 heterocycles. The van der Waals surface area contributed by atoms with Crippen LogP contribution < -0.4 is 5.73 Å². The molecule has 80 valence electrons. The third-order valence-corrected chi connectivity index (χ3v) is 2.49. The highest BCUT2D eigenvalue weighted by molar-refractivity contribution is 5.28. The van der Waals surface area contributed by atoms with E-state index < -0.39 is 0 Å². The Balaban J connectivity index is 2.31. The summed E-state index contributed by atoms with van der Waals surface area (Å²) in [6, 6.07) is 3.65. The van der Waals surface area contributed by atoms with Crippen molar-refractivity contribution in [3.63, 3.8) is 0 Å². The van der Waals surface area contributed by atoms with Crippen LogP contribution in [0.4, 0.5) is 0 Å². The lowest BCUT2D eigenvalue weighted by atomic mass is 10.0. The van der Waals surface area contributed by atoms with E-state index >= 15 is 0 Å². The standard InChI is InChI=1S/C11H15N3O/c1-3-10-8(5-7-15-10)11(12)9-4-6-14(2)13-9/h4-7,11H,3,12H2,1-2H3. The lowest BCUT2D eigenvalue weighted by Crippen LogP contribution is -2.13. The Morgan fingerprint density at radius 2 is 2.33 bits per heavy atom. The fourth-order valence-electron chi connectivity index (χ4n) is 1.67. The molecule has 0 spiro atoms. The van der Waals surface area contributed by atoms with Crippen LogP contribution in [0.1, 0.15) is 30.0 Å². The first kappa shape index (κ1) is 9.98. The summed E-state index contributed by atoms with van der Waals surface area (Å²) in [6.07, 6.45) is 4.42. The van der Waals surface area contributed by atoms with Crippen molar-refractivity contribution in [2.24, 2.45) is 12.8 Å². The Morgan fingerprint density at radius 1 is 1.53 bits per heavy atom. The van der Waals surface area contributed by atoms with E-state index in [0.29, 0.717) is 0 Å². The van der Waals surface area contributed by atoms with E-state index in [1.165, 1.54) is 0 Å². The second kappa shape index (κ2) is 3.90. The molecule has 4 nitrogen and oxygen atoms in total. The summed E-state index contributed by atoms with van der Waals surface area (Å²) < 4.78 is 7.10. The molecular weight excluding hydrogens is 190 g/mol. The van der Waals surface area contributed by atoms with Crippen LogP contribution in [0.15, 0.2) is 29.0 Å². The number of aromatic nitrogens is 2. The predicted molar refractivity (Wildman–Crippen MR) is 57.3 cm³/mol. The van der Waals surface area contributed by atoms with E-state index in [9.17, 15) is 0 Å². The molecule has 0 aliphatic rings. The van der Waals surface area contributed by atoms with Gasteiger partial charge in [0.05, 0.1) is 18.0 Å². The van der Waals surface area contributed by atoms with Gasteiger partial charge >= 0.3 is 0 Å². The van der Waals surface area contributed by atoms with Gasteiger partial charge in [0.1, 0.15) is 5.76 Å². The average molecular weight is 205 g/mol. The van der Waals surface area contributed by atoms with Gasteiger partial charge in [-0.2, -0.15) is 5.10 Å². The molecule has 15 heavy (non-hydrogen) atoms. The van der Waals surface area contributed by atoms with E-state index in [1.54, 1.807) is 10.9 Å². The van der Waals surface area contributed by atoms with E-state index in [1.807, 2.05) is 32.3 Å². The van der Waals surface area contributed by atoms with Crippen LogP contribution in [0.3, 0.4) is 0 Å². The number of hydrogen-bond donors (Lipinski definition) is 1. The van der Waals surface area contributed by atoms with Gasteiger partial charge in [-0.05, 0) is 12.1 Å². The quantitative estimate of drug-likeness (QED) is 0.828. The molecule has 0 radical (unpaired) electrons. The lowest BCUT2D eigenvalue weighted by molar-refractivity contribution is 0.508. The number of hydrogen-bond acceptors (Lipinski definition) is 3. The molecule has 2 aromatic heterocycles. The van der Waals surface area contributed by atoms with Crippen molar-refractivity contribution in [3.8, 4) is 0 Å². The summed E-state index contributed by atoms with van der Waals surface area (Å²) in [5.74, 6) is 0.938. The fraction of sp³-hybridized carbons (Fsp3) is 0.364. The maximum absolute atomic E-state index is 6.11. The Kier molecular flexibility index (Phi) is 2.60. The monoisotopic (exact) mass is 205 g/mol. The molecule has 0 aliphatic carbocycles. The molecule has 0 saturated heterocycles. The van der Waals surface area contributed by atoms with Crippen molar-refractivity contribution in [2.45, 2.75) is 19.4 Å². The zero-order valence-corrected chi connectivity index (χ0v) is 8.97. The van der Waals surface area contributed by atoms with Crippen molar-refractivity contribution in [3.05, 3.63) is 41.6 Å². The number of rotatable bonds is 3. The van der Waals surface area contributed by atoms with Crippen molar-refractivity contribution in [1.82, 2.24) is 9.78 Å². The van der Waals surface area contributed by atoms with Crippen LogP contribution in [0.5, 0.6) is 0 Å². The molecule has 0 bridgehead atoms. The zero-order chi connectivity index (χ0) is 10.8. The van der Waals surface area contributed by atoms with Gasteiger partial charge in [0.15, 0.2) is 0 Å². The minimum absolute atomic E-state index is 0.195. The van der Waals surface area contributed by atoms with Gasteiger partial charge in [-0.3, -0.25) is 4.68 Å². The van der Waals surface area contributed by atoms with Gasteiger partial charge in [0.25, 0.3) is 0 Å². The third kappa shape index (κ3) is 1.80. The van der Waals surface area contributed by atoms with Crippen molar-refractivity contribution in [2.75, 3.05) is 0 Å². The van der Waals surface area contributed by atoms with Gasteiger partial charge in [0, 0.05) is 25.2 Å². The highest BCUT2D eigenvalue weighted by Crippen LogP contribution is 2.22. The molecule has 0 aliphatic heterocycles. The van der Waals surface area contributed by atoms with E-state index in [0.717, 1.165) is 23.4 Å². The summed E-state index contributed by atoms with van der Waals surface area (Å²) in [4.78, 5) is 0. The first-order valence-corrected chi connectivity index (χ1v) is 5.03. The van der Waals surface area contributed by atoms with E-state index in [2.05, 4.69) is 5.10 Å². The molecule has 0 amide bonds. The second-order valence-corrected chi connectivity index (χ2v) is 3.54. The topological polar surface area (TPSA) is 57.0 Å². The van der Waals surface area contributed by atoms with Crippen molar-refractivity contribution >= 4 is 0 Å². The molecule has 2 N–H and O–H groups in total. The highest BCUT2D eigenvalue weighted by Gasteiger charge is 2.16. The van der Waals surface area contributed by atoms with Gasteiger partial charge in [-0.15, -0.1) is 0 Å². The minimum atomic E-state index is -0.195. The van der Waals surface area contributed by atoms with Gasteiger partial charge in [-0.1, -0.05) is 6.92 Å². The normalized spacial score (nSPS) is 13.0. The first-order chi connectivity index (χ1) is 7.22. The average Bonchev–Trinajstić information content (AvgIpc) is 2.84. The number of furan rings is 1. The Bertz CT molecular complexity index is 444. The van der Waals surface area contributed by atoms with Crippen LogP contribution in [-0.4, -0.2) is 9.78 Å². The number of nitrogens with zero attached hydrogens (tertiary/aromatic N) is 2. The summed E-state index contributed by atoms with van der Waals surface area (Å²) in [7, 11) is 1.88. The Hall–Kier alpha value is -1.55. The maximum Gasteiger partial charge on any atom is 0.108 e. The predicted octanol–water partition coefficient (Wildman–Crippen LogP) is 1.62. The third-order valence-electron chi connectivity index (χ3n) is 2.49. The molecular formula is C11H15N3O. The summed E-state index contributed by atoms with van der Waals surface area (Å²) in [5.41, 5.74) is 8.01. The maximum atomic E-state index is 6.11. The van der Waals surface area contributed by atoms with Crippen LogP contribution in [0.25, 0.3) is 0 Å². The Labute approximate surface area is 88.7 Å². The summed E-state index contributed by atoms with van der Waals surface area (Å²) in [6.45, 7) is 2.05. The number of nitrogens with two attached hydrogens (primary N) is 1. The van der Waals surface area contributed by atoms with Crippen molar-refractivity contribution in [1.29, 1.82) is 0 Å². The molecule has 2 aromatic rings. The SMILES string of the molecule is CCc1occc1C(N)c1ccn(C)n1. The smallest absolute Gasteiger partial charge is 0.108 e. The highest BCUT2D eigenvalue weighted by atomic mass is 16.3. The van der Waals surface area contributed by atoms with Crippen LogP contribution in [0, 0.1) is 0 Å². The zero-order valence-electron chi connectivity index (χ0n) is 8.97. The lowest BCUT2D eigenvalue weighted by Gasteiger charge is -2.07. The van der Waals surface area contributed by atoms with Gasteiger partial charge in [-0.25, -0.2) is 0 Å². The molecule has 1 atom stereocenters.